The Morgan fingerprint density at radius 3 is 2.61 bits per heavy atom. The van der Waals surface area contributed by atoms with Crippen LogP contribution < -0.4 is 15.4 Å². The molecule has 0 spiro atoms. The smallest absolute Gasteiger partial charge is 0.170 e. The summed E-state index contributed by atoms with van der Waals surface area (Å²) in [7, 11) is 1.73. The summed E-state index contributed by atoms with van der Waals surface area (Å²) < 4.78 is 20.6. The van der Waals surface area contributed by atoms with Crippen LogP contribution in [0.4, 0.5) is 10.2 Å². The van der Waals surface area contributed by atoms with E-state index in [1.54, 1.807) is 7.11 Å². The number of aromatic nitrogens is 2. The first-order valence-electron chi connectivity index (χ1n) is 12.1. The third-order valence-electron chi connectivity index (χ3n) is 7.33. The number of anilines is 1. The van der Waals surface area contributed by atoms with E-state index in [0.29, 0.717) is 37.0 Å². The summed E-state index contributed by atoms with van der Waals surface area (Å²) in [5.74, 6) is 2.98. The van der Waals surface area contributed by atoms with E-state index < -0.39 is 5.67 Å². The summed E-state index contributed by atoms with van der Waals surface area (Å²) in [5.41, 5.74) is 7.77. The van der Waals surface area contributed by atoms with Crippen LogP contribution in [0, 0.1) is 0 Å². The molecule has 1 aliphatic heterocycles. The molecule has 2 heterocycles. The minimum absolute atomic E-state index is 0.347. The molecule has 1 saturated heterocycles. The van der Waals surface area contributed by atoms with Crippen LogP contribution in [0.5, 0.6) is 5.75 Å². The number of piperidine rings is 1. The number of ether oxygens (including phenoxy) is 1. The lowest BCUT2D eigenvalue weighted by atomic mass is 9.88. The second-order valence-corrected chi connectivity index (χ2v) is 9.59. The van der Waals surface area contributed by atoms with Crippen LogP contribution in [0.15, 0.2) is 42.5 Å². The molecule has 1 unspecified atom stereocenters. The fourth-order valence-corrected chi connectivity index (χ4v) is 5.03. The molecule has 2 fully saturated rings. The molecular weight excluding hydrogens is 415 g/mol. The zero-order valence-corrected chi connectivity index (χ0v) is 19.6. The Morgan fingerprint density at radius 1 is 1.15 bits per heavy atom. The average molecular weight is 449 g/mol. The van der Waals surface area contributed by atoms with E-state index >= 15 is 4.39 Å². The number of alkyl halides is 1. The average Bonchev–Trinajstić information content (AvgIpc) is 3.61. The molecule has 0 bridgehead atoms. The van der Waals surface area contributed by atoms with Gasteiger partial charge < -0.3 is 15.4 Å². The Morgan fingerprint density at radius 2 is 1.91 bits per heavy atom. The fraction of sp³-hybridized carbons (Fsp3) is 0.481. The van der Waals surface area contributed by atoms with Crippen molar-refractivity contribution in [3.63, 3.8) is 0 Å². The number of rotatable bonds is 7. The Hall–Kier alpha value is -2.73. The van der Waals surface area contributed by atoms with E-state index in [-0.39, 0.29) is 0 Å². The number of hydrogen-bond donors (Lipinski definition) is 1. The predicted octanol–water partition coefficient (Wildman–Crippen LogP) is 5.43. The summed E-state index contributed by atoms with van der Waals surface area (Å²) in [6.07, 6.45) is 3.97. The first kappa shape index (κ1) is 22.1. The second-order valence-electron chi connectivity index (χ2n) is 9.59. The van der Waals surface area contributed by atoms with Crippen molar-refractivity contribution in [1.82, 2.24) is 9.97 Å². The summed E-state index contributed by atoms with van der Waals surface area (Å²) in [6, 6.07) is 14.6. The van der Waals surface area contributed by atoms with Gasteiger partial charge in [-0.3, -0.25) is 0 Å². The predicted molar refractivity (Wildman–Crippen MR) is 131 cm³/mol. The van der Waals surface area contributed by atoms with Gasteiger partial charge in [-0.2, -0.15) is 0 Å². The molecule has 1 atom stereocenters. The van der Waals surface area contributed by atoms with E-state index in [4.69, 9.17) is 15.5 Å². The molecule has 174 valence electrons. The van der Waals surface area contributed by atoms with E-state index in [2.05, 4.69) is 41.1 Å². The number of nitrogens with two attached hydrogens (primary N) is 1. The Balaban J connectivity index is 1.48. The van der Waals surface area contributed by atoms with Gasteiger partial charge in [-0.1, -0.05) is 31.2 Å². The van der Waals surface area contributed by atoms with Crippen LogP contribution in [0.1, 0.15) is 67.8 Å². The van der Waals surface area contributed by atoms with Gasteiger partial charge in [-0.15, -0.1) is 0 Å². The molecule has 3 aromatic rings. The van der Waals surface area contributed by atoms with Crippen molar-refractivity contribution in [1.29, 1.82) is 0 Å². The quantitative estimate of drug-likeness (QED) is 0.522. The van der Waals surface area contributed by atoms with Crippen molar-refractivity contribution in [2.75, 3.05) is 31.6 Å². The SMILES string of the molecule is COc1ccccc1C1CCN(c2nc(C3(F)CC3)nc3ccc(C(C)CCN)cc23)CC1. The van der Waals surface area contributed by atoms with E-state index in [1.165, 1.54) is 11.1 Å². The van der Waals surface area contributed by atoms with Crippen LogP contribution >= 0.6 is 0 Å². The highest BCUT2D eigenvalue weighted by Crippen LogP contribution is 2.49. The zero-order chi connectivity index (χ0) is 23.0. The van der Waals surface area contributed by atoms with Crippen molar-refractivity contribution >= 4 is 16.7 Å². The van der Waals surface area contributed by atoms with Gasteiger partial charge in [-0.05, 0) is 79.8 Å². The third kappa shape index (κ3) is 4.29. The molecule has 5 rings (SSSR count). The van der Waals surface area contributed by atoms with Crippen LogP contribution in [-0.2, 0) is 5.67 Å². The maximum atomic E-state index is 15.0. The van der Waals surface area contributed by atoms with E-state index in [9.17, 15) is 0 Å². The van der Waals surface area contributed by atoms with Crippen LogP contribution in [-0.4, -0.2) is 36.7 Å². The lowest BCUT2D eigenvalue weighted by Gasteiger charge is -2.34. The largest absolute Gasteiger partial charge is 0.496 e. The number of nitrogens with zero attached hydrogens (tertiary/aromatic N) is 3. The van der Waals surface area contributed by atoms with Gasteiger partial charge in [0.25, 0.3) is 0 Å². The molecule has 6 heteroatoms. The maximum Gasteiger partial charge on any atom is 0.170 e. The topological polar surface area (TPSA) is 64.3 Å². The number of para-hydroxylation sites is 1. The van der Waals surface area contributed by atoms with Gasteiger partial charge in [0.15, 0.2) is 11.5 Å². The zero-order valence-electron chi connectivity index (χ0n) is 19.6. The first-order chi connectivity index (χ1) is 16.0. The molecule has 33 heavy (non-hydrogen) atoms. The van der Waals surface area contributed by atoms with Crippen molar-refractivity contribution in [2.45, 2.75) is 56.5 Å². The van der Waals surface area contributed by atoms with Crippen LogP contribution in [0.25, 0.3) is 10.9 Å². The van der Waals surface area contributed by atoms with Crippen molar-refractivity contribution in [3.05, 3.63) is 59.4 Å². The highest BCUT2D eigenvalue weighted by atomic mass is 19.1. The lowest BCUT2D eigenvalue weighted by molar-refractivity contribution is 0.301. The third-order valence-corrected chi connectivity index (χ3v) is 7.33. The molecule has 2 N–H and O–H groups in total. The molecule has 2 aliphatic rings. The molecule has 1 saturated carbocycles. The molecule has 0 amide bonds. The number of hydrogen-bond acceptors (Lipinski definition) is 5. The highest BCUT2D eigenvalue weighted by molar-refractivity contribution is 5.90. The Kier molecular flexibility index (Phi) is 5.95. The lowest BCUT2D eigenvalue weighted by Crippen LogP contribution is -2.34. The summed E-state index contributed by atoms with van der Waals surface area (Å²) in [6.45, 7) is 4.59. The molecule has 5 nitrogen and oxygen atoms in total. The minimum atomic E-state index is -1.36. The summed E-state index contributed by atoms with van der Waals surface area (Å²) in [5, 5.41) is 1.01. The number of methoxy groups -OCH3 is 1. The second kappa shape index (κ2) is 8.90. The van der Waals surface area contributed by atoms with Gasteiger partial charge in [0.05, 0.1) is 12.6 Å². The number of halogens is 1. The standard InChI is InChI=1S/C27H33FN4O/c1-18(9-14-29)20-7-8-23-22(17-20)25(31-26(30-23)27(28)12-13-27)32-15-10-19(11-16-32)21-5-3-4-6-24(21)33-2/h3-8,17-19H,9-16,29H2,1-2H3. The van der Waals surface area contributed by atoms with Gasteiger partial charge >= 0.3 is 0 Å². The molecule has 1 aromatic heterocycles. The van der Waals surface area contributed by atoms with E-state index in [0.717, 1.165) is 54.8 Å². The molecule has 1 aliphatic carbocycles. The summed E-state index contributed by atoms with van der Waals surface area (Å²) in [4.78, 5) is 11.8. The van der Waals surface area contributed by atoms with Gasteiger partial charge in [0.1, 0.15) is 11.6 Å². The Bertz CT molecular complexity index is 1140. The molecular formula is C27H33FN4O. The fourth-order valence-electron chi connectivity index (χ4n) is 5.03. The van der Waals surface area contributed by atoms with Crippen LogP contribution in [0.3, 0.4) is 0 Å². The van der Waals surface area contributed by atoms with Crippen molar-refractivity contribution in [2.24, 2.45) is 5.73 Å². The van der Waals surface area contributed by atoms with Crippen LogP contribution in [0.2, 0.25) is 0 Å². The van der Waals surface area contributed by atoms with Gasteiger partial charge in [-0.25, -0.2) is 14.4 Å². The first-order valence-corrected chi connectivity index (χ1v) is 12.1. The minimum Gasteiger partial charge on any atom is -0.496 e. The maximum absolute atomic E-state index is 15.0. The van der Waals surface area contributed by atoms with E-state index in [1.807, 2.05) is 18.2 Å². The van der Waals surface area contributed by atoms with Gasteiger partial charge in [0, 0.05) is 18.5 Å². The van der Waals surface area contributed by atoms with Crippen molar-refractivity contribution in [3.8, 4) is 5.75 Å². The normalized spacial score (nSPS) is 19.0. The monoisotopic (exact) mass is 448 g/mol. The van der Waals surface area contributed by atoms with Crippen molar-refractivity contribution < 1.29 is 9.13 Å². The van der Waals surface area contributed by atoms with Gasteiger partial charge in [0.2, 0.25) is 0 Å². The molecule has 2 aromatic carbocycles. The highest BCUT2D eigenvalue weighted by Gasteiger charge is 2.48. The number of benzene rings is 2. The molecule has 0 radical (unpaired) electrons. The summed E-state index contributed by atoms with van der Waals surface area (Å²) >= 11 is 0. The Labute approximate surface area is 195 Å². The number of fused-ring (bicyclic) bond motifs is 1.